The maximum Gasteiger partial charge on any atom is 0.407 e. The summed E-state index contributed by atoms with van der Waals surface area (Å²) in [5.41, 5.74) is 0.554. The van der Waals surface area contributed by atoms with Gasteiger partial charge in [0.2, 0.25) is 0 Å². The number of hydrogen-bond donors (Lipinski definition) is 1. The van der Waals surface area contributed by atoms with Gasteiger partial charge in [0.25, 0.3) is 0 Å². The predicted octanol–water partition coefficient (Wildman–Crippen LogP) is 0.809. The van der Waals surface area contributed by atoms with E-state index in [1.165, 1.54) is 13.8 Å². The van der Waals surface area contributed by atoms with Crippen molar-refractivity contribution in [3.63, 3.8) is 0 Å². The number of alkyl carbamates (subject to hydrolysis) is 1. The minimum absolute atomic E-state index is 0.0189. The number of amides is 1. The fourth-order valence-corrected chi connectivity index (χ4v) is 2.96. The molecule has 11 nitrogen and oxygen atoms in total. The van der Waals surface area contributed by atoms with Crippen LogP contribution in [0.1, 0.15) is 26.7 Å². The Morgan fingerprint density at radius 1 is 0.875 bits per heavy atom. The lowest BCUT2D eigenvalue weighted by atomic mass is 10.1. The lowest BCUT2D eigenvalue weighted by Gasteiger charge is -2.17. The van der Waals surface area contributed by atoms with Crippen LogP contribution < -0.4 is 5.32 Å². The third-order valence-electron chi connectivity index (χ3n) is 4.56. The molecule has 0 bridgehead atoms. The number of nitrogens with one attached hydrogen (secondary N) is 1. The molecule has 2 rings (SSSR count). The van der Waals surface area contributed by atoms with Crippen LogP contribution in [0.25, 0.3) is 0 Å². The van der Waals surface area contributed by atoms with Crippen molar-refractivity contribution < 1.29 is 47.6 Å². The lowest BCUT2D eigenvalue weighted by Crippen LogP contribution is -2.38. The maximum atomic E-state index is 12.0. The van der Waals surface area contributed by atoms with Gasteiger partial charge in [-0.15, -0.1) is 0 Å². The van der Waals surface area contributed by atoms with Crippen LogP contribution in [0.2, 0.25) is 0 Å². The van der Waals surface area contributed by atoms with Crippen molar-refractivity contribution in [1.29, 1.82) is 0 Å². The standard InChI is InChI=1S/C21H29NO10/c1-12(2)19(24)27-8-5-6-16(23)31-14-10-29-18-15(11-30-17(14)18)32-21(26)22-7-9-28-20(25)13(3)4/h14-15,17-18H,1,3,5-11H2,2,4H3,(H,22,26). The molecule has 2 saturated heterocycles. The first kappa shape index (κ1) is 25.3. The normalized spacial score (nSPS) is 23.6. The minimum Gasteiger partial charge on any atom is -0.462 e. The number of rotatable bonds is 11. The third kappa shape index (κ3) is 7.65. The molecule has 0 aromatic heterocycles. The molecule has 0 aliphatic carbocycles. The molecule has 11 heteroatoms. The summed E-state index contributed by atoms with van der Waals surface area (Å²) in [6.45, 7) is 10.3. The van der Waals surface area contributed by atoms with Crippen molar-refractivity contribution in [2.75, 3.05) is 33.0 Å². The summed E-state index contributed by atoms with van der Waals surface area (Å²) in [5, 5.41) is 2.46. The predicted molar refractivity (Wildman–Crippen MR) is 108 cm³/mol. The molecule has 1 amide bonds. The van der Waals surface area contributed by atoms with E-state index in [1.807, 2.05) is 0 Å². The Balaban J connectivity index is 1.65. The summed E-state index contributed by atoms with van der Waals surface area (Å²) in [5.74, 6) is -1.52. The second-order valence-corrected chi connectivity index (χ2v) is 7.43. The number of carbonyl (C=O) groups is 4. The number of carbonyl (C=O) groups excluding carboxylic acids is 4. The van der Waals surface area contributed by atoms with Crippen LogP contribution in [0.5, 0.6) is 0 Å². The van der Waals surface area contributed by atoms with E-state index in [0.717, 1.165) is 0 Å². The number of ether oxygens (including phenoxy) is 6. The van der Waals surface area contributed by atoms with Crippen molar-refractivity contribution in [2.24, 2.45) is 0 Å². The van der Waals surface area contributed by atoms with Crippen LogP contribution in [0, 0.1) is 0 Å². The molecular formula is C21H29NO10. The van der Waals surface area contributed by atoms with E-state index in [2.05, 4.69) is 18.5 Å². The first-order valence-corrected chi connectivity index (χ1v) is 10.2. The fraction of sp³-hybridized carbons (Fsp3) is 0.619. The summed E-state index contributed by atoms with van der Waals surface area (Å²) in [6.07, 6.45) is -2.72. The van der Waals surface area contributed by atoms with Crippen molar-refractivity contribution in [2.45, 2.75) is 51.1 Å². The van der Waals surface area contributed by atoms with Gasteiger partial charge in [0, 0.05) is 17.6 Å². The highest BCUT2D eigenvalue weighted by molar-refractivity contribution is 5.87. The average Bonchev–Trinajstić information content (AvgIpc) is 3.31. The van der Waals surface area contributed by atoms with E-state index in [-0.39, 0.29) is 50.5 Å². The third-order valence-corrected chi connectivity index (χ3v) is 4.56. The minimum atomic E-state index is -0.709. The van der Waals surface area contributed by atoms with E-state index < -0.39 is 48.4 Å². The zero-order valence-electron chi connectivity index (χ0n) is 18.3. The van der Waals surface area contributed by atoms with Gasteiger partial charge in [0.15, 0.2) is 12.2 Å². The molecule has 0 radical (unpaired) electrons. The van der Waals surface area contributed by atoms with Gasteiger partial charge in [-0.25, -0.2) is 14.4 Å². The molecule has 0 aromatic rings. The van der Waals surface area contributed by atoms with Crippen LogP contribution in [0.15, 0.2) is 24.3 Å². The fourth-order valence-electron chi connectivity index (χ4n) is 2.96. The van der Waals surface area contributed by atoms with Gasteiger partial charge in [0.05, 0.1) is 26.4 Å². The molecule has 4 atom stereocenters. The highest BCUT2D eigenvalue weighted by Gasteiger charge is 2.51. The smallest absolute Gasteiger partial charge is 0.407 e. The Kier molecular flexibility index (Phi) is 9.66. The second kappa shape index (κ2) is 12.2. The molecule has 1 N–H and O–H groups in total. The Hall–Kier alpha value is -2.92. The van der Waals surface area contributed by atoms with E-state index in [4.69, 9.17) is 28.4 Å². The topological polar surface area (TPSA) is 136 Å². The van der Waals surface area contributed by atoms with Gasteiger partial charge in [0.1, 0.15) is 18.8 Å². The van der Waals surface area contributed by atoms with E-state index >= 15 is 0 Å². The maximum absolute atomic E-state index is 12.0. The van der Waals surface area contributed by atoms with Gasteiger partial charge in [-0.05, 0) is 20.3 Å². The highest BCUT2D eigenvalue weighted by atomic mass is 16.7. The van der Waals surface area contributed by atoms with Crippen LogP contribution >= 0.6 is 0 Å². The van der Waals surface area contributed by atoms with E-state index in [0.29, 0.717) is 6.42 Å². The molecule has 0 aromatic carbocycles. The number of fused-ring (bicyclic) bond motifs is 1. The summed E-state index contributed by atoms with van der Waals surface area (Å²) in [6, 6.07) is 0. The molecule has 32 heavy (non-hydrogen) atoms. The molecule has 4 unspecified atom stereocenters. The van der Waals surface area contributed by atoms with Gasteiger partial charge in [-0.3, -0.25) is 4.79 Å². The average molecular weight is 455 g/mol. The second-order valence-electron chi connectivity index (χ2n) is 7.43. The highest BCUT2D eigenvalue weighted by Crippen LogP contribution is 2.30. The zero-order valence-corrected chi connectivity index (χ0v) is 18.3. The summed E-state index contributed by atoms with van der Waals surface area (Å²) in [4.78, 5) is 46.5. The summed E-state index contributed by atoms with van der Waals surface area (Å²) < 4.78 is 31.7. The molecule has 2 fully saturated rings. The van der Waals surface area contributed by atoms with Crippen LogP contribution in [-0.4, -0.2) is 81.4 Å². The van der Waals surface area contributed by atoms with E-state index in [1.54, 1.807) is 0 Å². The SMILES string of the molecule is C=C(C)C(=O)OCCCC(=O)OC1COC2C(OC(=O)NCCOC(=O)C(=C)C)COC12. The Labute approximate surface area is 186 Å². The Bertz CT molecular complexity index is 687. The first-order valence-electron chi connectivity index (χ1n) is 10.2. The van der Waals surface area contributed by atoms with Crippen LogP contribution in [0.4, 0.5) is 4.79 Å². The molecule has 178 valence electrons. The Morgan fingerprint density at radius 2 is 1.41 bits per heavy atom. The largest absolute Gasteiger partial charge is 0.462 e. The number of esters is 3. The molecular weight excluding hydrogens is 426 g/mol. The van der Waals surface area contributed by atoms with Crippen molar-refractivity contribution in [3.05, 3.63) is 24.3 Å². The van der Waals surface area contributed by atoms with Crippen molar-refractivity contribution in [3.8, 4) is 0 Å². The molecule has 2 aliphatic heterocycles. The summed E-state index contributed by atoms with van der Waals surface area (Å²) >= 11 is 0. The molecule has 2 aliphatic rings. The monoisotopic (exact) mass is 455 g/mol. The lowest BCUT2D eigenvalue weighted by molar-refractivity contribution is -0.154. The van der Waals surface area contributed by atoms with Crippen LogP contribution in [0.3, 0.4) is 0 Å². The number of hydrogen-bond acceptors (Lipinski definition) is 10. The van der Waals surface area contributed by atoms with Gasteiger partial charge >= 0.3 is 24.0 Å². The molecule has 2 heterocycles. The van der Waals surface area contributed by atoms with Crippen molar-refractivity contribution >= 4 is 24.0 Å². The Morgan fingerprint density at radius 3 is 1.97 bits per heavy atom. The summed E-state index contributed by atoms with van der Waals surface area (Å²) in [7, 11) is 0. The van der Waals surface area contributed by atoms with Gasteiger partial charge < -0.3 is 33.7 Å². The van der Waals surface area contributed by atoms with Crippen molar-refractivity contribution in [1.82, 2.24) is 5.32 Å². The first-order chi connectivity index (χ1) is 15.2. The zero-order chi connectivity index (χ0) is 23.7. The quantitative estimate of drug-likeness (QED) is 0.206. The molecule has 0 spiro atoms. The molecule has 0 saturated carbocycles. The van der Waals surface area contributed by atoms with Crippen LogP contribution in [-0.2, 0) is 42.8 Å². The van der Waals surface area contributed by atoms with Gasteiger partial charge in [-0.2, -0.15) is 0 Å². The van der Waals surface area contributed by atoms with E-state index in [9.17, 15) is 19.2 Å². The van der Waals surface area contributed by atoms with Gasteiger partial charge in [-0.1, -0.05) is 13.2 Å².